The number of nitrogens with zero attached hydrogens (tertiary/aromatic N) is 5. The minimum Gasteiger partial charge on any atom is -0.454 e. The molecule has 0 fully saturated rings. The van der Waals surface area contributed by atoms with Crippen molar-refractivity contribution in [2.24, 2.45) is 0 Å². The van der Waals surface area contributed by atoms with Crippen molar-refractivity contribution >= 4 is 28.2 Å². The summed E-state index contributed by atoms with van der Waals surface area (Å²) in [5, 5.41) is 16.0. The largest absolute Gasteiger partial charge is 0.454 e. The molecule has 2 N–H and O–H groups in total. The van der Waals surface area contributed by atoms with Gasteiger partial charge in [-0.3, -0.25) is 10.1 Å². The second-order valence-corrected chi connectivity index (χ2v) is 6.06. The molecule has 1 aliphatic heterocycles. The van der Waals surface area contributed by atoms with Crippen molar-refractivity contribution in [3.8, 4) is 11.5 Å². The van der Waals surface area contributed by atoms with Gasteiger partial charge in [-0.15, -0.1) is 5.10 Å². The average molecular weight is 364 g/mol. The molecule has 0 radical (unpaired) electrons. The Morgan fingerprint density at radius 1 is 1.15 bits per heavy atom. The van der Waals surface area contributed by atoms with Gasteiger partial charge in [-0.05, 0) is 23.8 Å². The molecular weight excluding hydrogens is 352 g/mol. The molecule has 0 saturated carbocycles. The van der Waals surface area contributed by atoms with Crippen molar-refractivity contribution in [2.75, 3.05) is 12.5 Å². The maximum Gasteiger partial charge on any atom is 0.271 e. The van der Waals surface area contributed by atoms with Crippen molar-refractivity contribution in [1.82, 2.24) is 19.6 Å². The fourth-order valence-corrected chi connectivity index (χ4v) is 3.13. The van der Waals surface area contributed by atoms with Gasteiger partial charge in [0.15, 0.2) is 17.1 Å². The monoisotopic (exact) mass is 364 g/mol. The first-order valence-electron chi connectivity index (χ1n) is 8.06. The SMILES string of the molecule is Nc1nc2c3ccc([N+](=O)[O-])cc3nc(Cc3ccc4c(c3)OCO4)n2n1. The van der Waals surface area contributed by atoms with Crippen molar-refractivity contribution in [2.45, 2.75) is 6.42 Å². The summed E-state index contributed by atoms with van der Waals surface area (Å²) in [6.45, 7) is 0.195. The third kappa shape index (κ3) is 2.46. The van der Waals surface area contributed by atoms with E-state index < -0.39 is 4.92 Å². The Morgan fingerprint density at radius 3 is 2.85 bits per heavy atom. The number of fused-ring (bicyclic) bond motifs is 4. The third-order valence-electron chi connectivity index (χ3n) is 4.35. The van der Waals surface area contributed by atoms with Gasteiger partial charge >= 0.3 is 0 Å². The van der Waals surface area contributed by atoms with E-state index in [-0.39, 0.29) is 18.4 Å². The van der Waals surface area contributed by atoms with Gasteiger partial charge < -0.3 is 15.2 Å². The summed E-state index contributed by atoms with van der Waals surface area (Å²) in [5.74, 6) is 2.02. The van der Waals surface area contributed by atoms with Gasteiger partial charge in [-0.1, -0.05) is 6.07 Å². The highest BCUT2D eigenvalue weighted by Crippen LogP contribution is 2.33. The highest BCUT2D eigenvalue weighted by molar-refractivity contribution is 5.92. The summed E-state index contributed by atoms with van der Waals surface area (Å²) in [5.41, 5.74) is 7.62. The second kappa shape index (κ2) is 5.53. The van der Waals surface area contributed by atoms with Gasteiger partial charge in [-0.2, -0.15) is 9.50 Å². The van der Waals surface area contributed by atoms with Crippen molar-refractivity contribution in [3.05, 3.63) is 57.9 Å². The van der Waals surface area contributed by atoms with Crippen LogP contribution in [0.15, 0.2) is 36.4 Å². The number of ether oxygens (including phenoxy) is 2. The lowest BCUT2D eigenvalue weighted by atomic mass is 10.1. The molecule has 0 saturated heterocycles. The van der Waals surface area contributed by atoms with E-state index in [4.69, 9.17) is 15.2 Å². The number of nitro groups is 1. The fraction of sp³-hybridized carbons (Fsp3) is 0.118. The number of nitrogens with two attached hydrogens (primary N) is 1. The Balaban J connectivity index is 1.68. The Hall–Kier alpha value is -3.95. The van der Waals surface area contributed by atoms with E-state index in [9.17, 15) is 10.1 Å². The molecule has 0 amide bonds. The standard InChI is InChI=1S/C17H12N6O4/c18-17-20-16-11-3-2-10(23(24)25)7-12(11)19-15(22(16)21-17)6-9-1-4-13-14(5-9)27-8-26-13/h1-5,7H,6,8H2,(H2,18,21). The zero-order valence-corrected chi connectivity index (χ0v) is 13.8. The van der Waals surface area contributed by atoms with Crippen LogP contribution in [0.5, 0.6) is 11.5 Å². The predicted octanol–water partition coefficient (Wildman–Crippen LogP) is 2.09. The van der Waals surface area contributed by atoms with Gasteiger partial charge in [0.2, 0.25) is 12.7 Å². The molecule has 10 heteroatoms. The van der Waals surface area contributed by atoms with E-state index in [0.29, 0.717) is 40.3 Å². The Morgan fingerprint density at radius 2 is 2.00 bits per heavy atom. The molecular formula is C17H12N6O4. The molecule has 27 heavy (non-hydrogen) atoms. The summed E-state index contributed by atoms with van der Waals surface area (Å²) < 4.78 is 12.3. The highest BCUT2D eigenvalue weighted by atomic mass is 16.7. The van der Waals surface area contributed by atoms with E-state index in [1.807, 2.05) is 18.2 Å². The van der Waals surface area contributed by atoms with Crippen molar-refractivity contribution in [3.63, 3.8) is 0 Å². The minimum atomic E-state index is -0.457. The zero-order valence-electron chi connectivity index (χ0n) is 13.8. The normalized spacial score (nSPS) is 12.7. The van der Waals surface area contributed by atoms with Gasteiger partial charge in [0.1, 0.15) is 5.82 Å². The zero-order chi connectivity index (χ0) is 18.5. The van der Waals surface area contributed by atoms with Crippen LogP contribution in [-0.2, 0) is 6.42 Å². The Bertz CT molecular complexity index is 1240. The Kier molecular flexibility index (Phi) is 3.13. The molecule has 4 aromatic rings. The van der Waals surface area contributed by atoms with E-state index in [1.165, 1.54) is 12.1 Å². The smallest absolute Gasteiger partial charge is 0.271 e. The van der Waals surface area contributed by atoms with Crippen molar-refractivity contribution in [1.29, 1.82) is 0 Å². The molecule has 1 aliphatic rings. The van der Waals surface area contributed by atoms with E-state index >= 15 is 0 Å². The van der Waals surface area contributed by atoms with Crippen LogP contribution in [-0.4, -0.2) is 31.3 Å². The molecule has 3 heterocycles. The number of benzene rings is 2. The van der Waals surface area contributed by atoms with Crippen LogP contribution in [0.4, 0.5) is 11.6 Å². The van der Waals surface area contributed by atoms with Crippen LogP contribution in [0.1, 0.15) is 11.4 Å². The number of hydrogen-bond donors (Lipinski definition) is 1. The van der Waals surface area contributed by atoms with Crippen LogP contribution in [0, 0.1) is 10.1 Å². The van der Waals surface area contributed by atoms with Gasteiger partial charge in [0, 0.05) is 23.9 Å². The number of hydrogen-bond acceptors (Lipinski definition) is 8. The fourth-order valence-electron chi connectivity index (χ4n) is 3.13. The van der Waals surface area contributed by atoms with Crippen LogP contribution >= 0.6 is 0 Å². The molecule has 0 spiro atoms. The summed E-state index contributed by atoms with van der Waals surface area (Å²) in [7, 11) is 0. The van der Waals surface area contributed by atoms with Crippen LogP contribution in [0.2, 0.25) is 0 Å². The van der Waals surface area contributed by atoms with Crippen molar-refractivity contribution < 1.29 is 14.4 Å². The van der Waals surface area contributed by atoms with Gasteiger partial charge in [0.25, 0.3) is 5.69 Å². The minimum absolute atomic E-state index is 0.0409. The first-order chi connectivity index (χ1) is 13.1. The number of non-ortho nitro benzene ring substituents is 1. The summed E-state index contributed by atoms with van der Waals surface area (Å²) >= 11 is 0. The number of nitro benzene ring substituents is 1. The lowest BCUT2D eigenvalue weighted by molar-refractivity contribution is -0.384. The van der Waals surface area contributed by atoms with Gasteiger partial charge in [0.05, 0.1) is 10.4 Å². The lowest BCUT2D eigenvalue weighted by Gasteiger charge is -2.07. The first-order valence-corrected chi connectivity index (χ1v) is 8.06. The molecule has 10 nitrogen and oxygen atoms in total. The molecule has 0 atom stereocenters. The molecule has 134 valence electrons. The summed E-state index contributed by atoms with van der Waals surface area (Å²) in [6, 6.07) is 10.0. The predicted molar refractivity (Wildman–Crippen MR) is 94.7 cm³/mol. The third-order valence-corrected chi connectivity index (χ3v) is 4.35. The maximum atomic E-state index is 11.1. The topological polar surface area (TPSA) is 131 Å². The average Bonchev–Trinajstić information content (AvgIpc) is 3.27. The molecule has 2 aromatic heterocycles. The summed E-state index contributed by atoms with van der Waals surface area (Å²) in [6.07, 6.45) is 0.411. The Labute approximate surface area is 151 Å². The highest BCUT2D eigenvalue weighted by Gasteiger charge is 2.18. The lowest BCUT2D eigenvalue weighted by Crippen LogP contribution is -2.05. The quantitative estimate of drug-likeness (QED) is 0.432. The van der Waals surface area contributed by atoms with E-state index in [1.54, 1.807) is 10.6 Å². The number of aromatic nitrogens is 4. The first kappa shape index (κ1) is 15.3. The molecule has 2 aromatic carbocycles. The number of nitrogen functional groups attached to an aromatic ring is 1. The van der Waals surface area contributed by atoms with Crippen LogP contribution < -0.4 is 15.2 Å². The van der Waals surface area contributed by atoms with Gasteiger partial charge in [-0.25, -0.2) is 4.98 Å². The van der Waals surface area contributed by atoms with E-state index in [0.717, 1.165) is 5.56 Å². The maximum absolute atomic E-state index is 11.1. The number of rotatable bonds is 3. The molecule has 0 unspecified atom stereocenters. The molecule has 0 aliphatic carbocycles. The number of anilines is 1. The van der Waals surface area contributed by atoms with Crippen LogP contribution in [0.25, 0.3) is 16.6 Å². The second-order valence-electron chi connectivity index (χ2n) is 6.06. The van der Waals surface area contributed by atoms with Crippen LogP contribution in [0.3, 0.4) is 0 Å². The summed E-state index contributed by atoms with van der Waals surface area (Å²) in [4.78, 5) is 19.5. The molecule has 5 rings (SSSR count). The molecule has 0 bridgehead atoms. The van der Waals surface area contributed by atoms with E-state index in [2.05, 4.69) is 15.1 Å².